The van der Waals surface area contributed by atoms with E-state index in [2.05, 4.69) is 15.2 Å². The predicted octanol–water partition coefficient (Wildman–Crippen LogP) is 2.51. The highest BCUT2D eigenvalue weighted by Gasteiger charge is 2.15. The summed E-state index contributed by atoms with van der Waals surface area (Å²) in [4.78, 5) is 18.7. The summed E-state index contributed by atoms with van der Waals surface area (Å²) in [6.07, 6.45) is 5.77. The summed E-state index contributed by atoms with van der Waals surface area (Å²) in [6.45, 7) is 4.46. The van der Waals surface area contributed by atoms with Gasteiger partial charge in [0.15, 0.2) is 5.76 Å². The summed E-state index contributed by atoms with van der Waals surface area (Å²) in [5.41, 5.74) is 1.89. The molecule has 1 saturated heterocycles. The van der Waals surface area contributed by atoms with Crippen LogP contribution >= 0.6 is 0 Å². The predicted molar refractivity (Wildman–Crippen MR) is 80.3 cm³/mol. The minimum Gasteiger partial charge on any atom is -0.459 e. The lowest BCUT2D eigenvalue weighted by atomic mass is 10.2. The largest absolute Gasteiger partial charge is 0.459 e. The number of hydrogen-bond acceptors (Lipinski definition) is 4. The van der Waals surface area contributed by atoms with Crippen molar-refractivity contribution in [3.8, 4) is 0 Å². The smallest absolute Gasteiger partial charge is 0.287 e. The first-order chi connectivity index (χ1) is 10.2. The van der Waals surface area contributed by atoms with E-state index in [0.29, 0.717) is 12.3 Å². The Labute approximate surface area is 124 Å². The number of rotatable bonds is 4. The van der Waals surface area contributed by atoms with Gasteiger partial charge in [0.25, 0.3) is 5.91 Å². The van der Waals surface area contributed by atoms with E-state index in [-0.39, 0.29) is 5.91 Å². The van der Waals surface area contributed by atoms with Crippen LogP contribution < -0.4 is 10.2 Å². The molecule has 1 N–H and O–H groups in total. The number of amides is 1. The van der Waals surface area contributed by atoms with Crippen LogP contribution in [0.2, 0.25) is 0 Å². The highest BCUT2D eigenvalue weighted by atomic mass is 16.3. The second-order valence-corrected chi connectivity index (χ2v) is 5.33. The van der Waals surface area contributed by atoms with Crippen LogP contribution in [0.4, 0.5) is 5.82 Å². The fourth-order valence-electron chi connectivity index (χ4n) is 2.56. The standard InChI is InChI=1S/C16H19N3O2/c1-12-5-9-21-15(12)16(20)18-11-13-4-6-17-14(10-13)19-7-2-3-8-19/h4-6,9-10H,2-3,7-8,11H2,1H3,(H,18,20). The van der Waals surface area contributed by atoms with Gasteiger partial charge in [-0.15, -0.1) is 0 Å². The van der Waals surface area contributed by atoms with Crippen LogP contribution in [-0.2, 0) is 6.54 Å². The Bertz CT molecular complexity index is 630. The van der Waals surface area contributed by atoms with Crippen molar-refractivity contribution < 1.29 is 9.21 Å². The number of anilines is 1. The summed E-state index contributed by atoms with van der Waals surface area (Å²) >= 11 is 0. The fraction of sp³-hybridized carbons (Fsp3) is 0.375. The minimum atomic E-state index is -0.183. The highest BCUT2D eigenvalue weighted by molar-refractivity contribution is 5.92. The summed E-state index contributed by atoms with van der Waals surface area (Å²) in [5, 5.41) is 2.88. The van der Waals surface area contributed by atoms with Gasteiger partial charge in [0.05, 0.1) is 6.26 Å². The zero-order valence-corrected chi connectivity index (χ0v) is 12.1. The Balaban J connectivity index is 1.64. The molecule has 0 aromatic carbocycles. The van der Waals surface area contributed by atoms with Crippen LogP contribution in [0.5, 0.6) is 0 Å². The van der Waals surface area contributed by atoms with Crippen molar-refractivity contribution in [3.05, 3.63) is 47.5 Å². The molecule has 0 spiro atoms. The van der Waals surface area contributed by atoms with Crippen LogP contribution in [-0.4, -0.2) is 24.0 Å². The van der Waals surface area contributed by atoms with E-state index in [1.165, 1.54) is 19.1 Å². The van der Waals surface area contributed by atoms with Crippen LogP contribution in [0.25, 0.3) is 0 Å². The van der Waals surface area contributed by atoms with Crippen molar-refractivity contribution in [2.45, 2.75) is 26.3 Å². The maximum Gasteiger partial charge on any atom is 0.287 e. The third-order valence-corrected chi connectivity index (χ3v) is 3.76. The van der Waals surface area contributed by atoms with Crippen molar-refractivity contribution in [1.82, 2.24) is 10.3 Å². The van der Waals surface area contributed by atoms with Gasteiger partial charge in [0.2, 0.25) is 0 Å². The van der Waals surface area contributed by atoms with Gasteiger partial charge >= 0.3 is 0 Å². The lowest BCUT2D eigenvalue weighted by Crippen LogP contribution is -2.23. The number of aryl methyl sites for hydroxylation is 1. The fourth-order valence-corrected chi connectivity index (χ4v) is 2.56. The number of hydrogen-bond donors (Lipinski definition) is 1. The van der Waals surface area contributed by atoms with Crippen molar-refractivity contribution in [2.75, 3.05) is 18.0 Å². The Hall–Kier alpha value is -2.30. The van der Waals surface area contributed by atoms with E-state index < -0.39 is 0 Å². The van der Waals surface area contributed by atoms with Gasteiger partial charge in [-0.2, -0.15) is 0 Å². The minimum absolute atomic E-state index is 0.183. The Morgan fingerprint density at radius 3 is 2.90 bits per heavy atom. The number of furan rings is 1. The molecule has 0 bridgehead atoms. The average molecular weight is 285 g/mol. The Morgan fingerprint density at radius 2 is 2.19 bits per heavy atom. The lowest BCUT2D eigenvalue weighted by Gasteiger charge is -2.16. The molecule has 1 fully saturated rings. The number of nitrogens with zero attached hydrogens (tertiary/aromatic N) is 2. The van der Waals surface area contributed by atoms with Crippen LogP contribution in [0.15, 0.2) is 35.1 Å². The summed E-state index contributed by atoms with van der Waals surface area (Å²) < 4.78 is 5.19. The lowest BCUT2D eigenvalue weighted by molar-refractivity contribution is 0.0922. The zero-order valence-electron chi connectivity index (χ0n) is 12.1. The van der Waals surface area contributed by atoms with Crippen LogP contribution in [0.3, 0.4) is 0 Å². The normalized spacial score (nSPS) is 14.4. The van der Waals surface area contributed by atoms with E-state index >= 15 is 0 Å². The number of aromatic nitrogens is 1. The van der Waals surface area contributed by atoms with E-state index in [0.717, 1.165) is 30.0 Å². The van der Waals surface area contributed by atoms with Crippen molar-refractivity contribution >= 4 is 11.7 Å². The molecule has 110 valence electrons. The van der Waals surface area contributed by atoms with E-state index in [1.807, 2.05) is 19.1 Å². The molecule has 0 atom stereocenters. The van der Waals surface area contributed by atoms with Crippen molar-refractivity contribution in [1.29, 1.82) is 0 Å². The van der Waals surface area contributed by atoms with Crippen molar-refractivity contribution in [2.24, 2.45) is 0 Å². The molecule has 2 aromatic rings. The van der Waals surface area contributed by atoms with Gasteiger partial charge in [-0.3, -0.25) is 4.79 Å². The zero-order chi connectivity index (χ0) is 14.7. The van der Waals surface area contributed by atoms with Gasteiger partial charge in [-0.1, -0.05) is 0 Å². The maximum atomic E-state index is 12.0. The van der Waals surface area contributed by atoms with Gasteiger partial charge in [0, 0.05) is 31.4 Å². The molecule has 0 saturated carbocycles. The molecule has 1 aliphatic rings. The van der Waals surface area contributed by atoms with Crippen LogP contribution in [0, 0.1) is 6.92 Å². The van der Waals surface area contributed by atoms with Crippen LogP contribution in [0.1, 0.15) is 34.5 Å². The quantitative estimate of drug-likeness (QED) is 0.937. The first-order valence-electron chi connectivity index (χ1n) is 7.26. The molecule has 3 heterocycles. The van der Waals surface area contributed by atoms with E-state index in [9.17, 15) is 4.79 Å². The molecule has 21 heavy (non-hydrogen) atoms. The molecule has 0 radical (unpaired) electrons. The molecular weight excluding hydrogens is 266 g/mol. The average Bonchev–Trinajstić information content (AvgIpc) is 3.16. The Kier molecular flexibility index (Phi) is 3.90. The summed E-state index contributed by atoms with van der Waals surface area (Å²) in [6, 6.07) is 5.75. The van der Waals surface area contributed by atoms with Gasteiger partial charge in [-0.25, -0.2) is 4.98 Å². The van der Waals surface area contributed by atoms with Gasteiger partial charge in [0.1, 0.15) is 5.82 Å². The molecule has 3 rings (SSSR count). The first kappa shape index (κ1) is 13.7. The topological polar surface area (TPSA) is 58.4 Å². The van der Waals surface area contributed by atoms with E-state index in [1.54, 1.807) is 12.3 Å². The van der Waals surface area contributed by atoms with Gasteiger partial charge in [-0.05, 0) is 43.5 Å². The molecule has 5 nitrogen and oxygen atoms in total. The third kappa shape index (κ3) is 3.07. The number of carbonyl (C=O) groups excluding carboxylic acids is 1. The van der Waals surface area contributed by atoms with Gasteiger partial charge < -0.3 is 14.6 Å². The summed E-state index contributed by atoms with van der Waals surface area (Å²) in [7, 11) is 0. The highest BCUT2D eigenvalue weighted by Crippen LogP contribution is 2.18. The SMILES string of the molecule is Cc1ccoc1C(=O)NCc1ccnc(N2CCCC2)c1. The monoisotopic (exact) mass is 285 g/mol. The number of carbonyl (C=O) groups is 1. The van der Waals surface area contributed by atoms with Crippen molar-refractivity contribution in [3.63, 3.8) is 0 Å². The van der Waals surface area contributed by atoms with E-state index in [4.69, 9.17) is 4.42 Å². The Morgan fingerprint density at radius 1 is 1.38 bits per heavy atom. The molecule has 1 aliphatic heterocycles. The molecule has 2 aromatic heterocycles. The maximum absolute atomic E-state index is 12.0. The number of nitrogens with one attached hydrogen (secondary N) is 1. The molecular formula is C16H19N3O2. The second-order valence-electron chi connectivity index (χ2n) is 5.33. The first-order valence-corrected chi connectivity index (χ1v) is 7.26. The second kappa shape index (κ2) is 5.99. The summed E-state index contributed by atoms with van der Waals surface area (Å²) in [5.74, 6) is 1.19. The number of pyridine rings is 1. The third-order valence-electron chi connectivity index (χ3n) is 3.76. The molecule has 5 heteroatoms. The molecule has 0 unspecified atom stereocenters. The molecule has 0 aliphatic carbocycles. The molecule has 1 amide bonds.